The van der Waals surface area contributed by atoms with Gasteiger partial charge in [0.2, 0.25) is 5.91 Å². The molecule has 0 aromatic rings. The lowest BCUT2D eigenvalue weighted by atomic mass is 10.1. The molecule has 1 aliphatic rings. The van der Waals surface area contributed by atoms with E-state index in [1.807, 2.05) is 0 Å². The van der Waals surface area contributed by atoms with Crippen LogP contribution in [-0.2, 0) is 9.59 Å². The summed E-state index contributed by atoms with van der Waals surface area (Å²) in [6, 6.07) is -2.62. The summed E-state index contributed by atoms with van der Waals surface area (Å²) in [7, 11) is 0. The Morgan fingerprint density at radius 3 is 2.29 bits per heavy atom. The predicted octanol–water partition coefficient (Wildman–Crippen LogP) is -0.478. The van der Waals surface area contributed by atoms with Gasteiger partial charge in [-0.3, -0.25) is 4.79 Å². The monoisotopic (exact) mass is 301 g/mol. The van der Waals surface area contributed by atoms with Crippen molar-refractivity contribution in [2.24, 2.45) is 0 Å². The van der Waals surface area contributed by atoms with Gasteiger partial charge in [0.25, 0.3) is 0 Å². The van der Waals surface area contributed by atoms with E-state index >= 15 is 0 Å². The first kappa shape index (κ1) is 17.2. The third-order valence-corrected chi connectivity index (χ3v) is 3.41. The molecule has 0 saturated carbocycles. The van der Waals surface area contributed by atoms with Crippen LogP contribution in [0.4, 0.5) is 4.79 Å². The van der Waals surface area contributed by atoms with Crippen LogP contribution >= 0.6 is 0 Å². The summed E-state index contributed by atoms with van der Waals surface area (Å²) in [5, 5.41) is 22.3. The molecule has 1 saturated heterocycles. The van der Waals surface area contributed by atoms with Gasteiger partial charge >= 0.3 is 12.0 Å². The van der Waals surface area contributed by atoms with Crippen molar-refractivity contribution >= 4 is 17.9 Å². The van der Waals surface area contributed by atoms with E-state index in [2.05, 4.69) is 10.6 Å². The lowest BCUT2D eigenvalue weighted by molar-refractivity contribution is -0.139. The van der Waals surface area contributed by atoms with E-state index in [4.69, 9.17) is 10.2 Å². The van der Waals surface area contributed by atoms with Crippen LogP contribution in [0.5, 0.6) is 0 Å². The summed E-state index contributed by atoms with van der Waals surface area (Å²) in [4.78, 5) is 36.4. The SMILES string of the molecule is CC(NC(=O)N[C@H](CCO)C(=O)O)C(=O)N1CCCCC1. The van der Waals surface area contributed by atoms with Crippen LogP contribution in [0.2, 0.25) is 0 Å². The average Bonchev–Trinajstić information content (AvgIpc) is 2.46. The number of amides is 3. The molecule has 8 heteroatoms. The molecule has 1 rings (SSSR count). The first-order valence-electron chi connectivity index (χ1n) is 7.15. The molecular formula is C13H23N3O5. The zero-order valence-corrected chi connectivity index (χ0v) is 12.2. The first-order chi connectivity index (χ1) is 9.95. The summed E-state index contributed by atoms with van der Waals surface area (Å²) in [6.07, 6.45) is 2.94. The Labute approximate surface area is 123 Å². The lowest BCUT2D eigenvalue weighted by Gasteiger charge is -2.29. The second-order valence-corrected chi connectivity index (χ2v) is 5.13. The van der Waals surface area contributed by atoms with Crippen molar-refractivity contribution < 1.29 is 24.6 Å². The number of aliphatic hydroxyl groups excluding tert-OH is 1. The maximum Gasteiger partial charge on any atom is 0.326 e. The summed E-state index contributed by atoms with van der Waals surface area (Å²) >= 11 is 0. The molecule has 120 valence electrons. The molecular weight excluding hydrogens is 278 g/mol. The van der Waals surface area contributed by atoms with E-state index in [1.165, 1.54) is 0 Å². The van der Waals surface area contributed by atoms with E-state index < -0.39 is 24.1 Å². The Morgan fingerprint density at radius 2 is 1.76 bits per heavy atom. The Bertz CT molecular complexity index is 382. The molecule has 21 heavy (non-hydrogen) atoms. The van der Waals surface area contributed by atoms with Crippen LogP contribution in [0.1, 0.15) is 32.6 Å². The number of piperidine rings is 1. The number of rotatable bonds is 6. The van der Waals surface area contributed by atoms with Crippen LogP contribution in [0.15, 0.2) is 0 Å². The predicted molar refractivity (Wildman–Crippen MR) is 74.7 cm³/mol. The zero-order chi connectivity index (χ0) is 15.8. The number of carboxylic acids is 1. The van der Waals surface area contributed by atoms with Crippen molar-refractivity contribution in [3.63, 3.8) is 0 Å². The summed E-state index contributed by atoms with van der Waals surface area (Å²) in [5.74, 6) is -1.40. The number of carboxylic acid groups (broad SMARTS) is 1. The number of hydrogen-bond donors (Lipinski definition) is 4. The normalized spacial score (nSPS) is 17.7. The topological polar surface area (TPSA) is 119 Å². The fourth-order valence-corrected chi connectivity index (χ4v) is 2.23. The van der Waals surface area contributed by atoms with Gasteiger partial charge < -0.3 is 25.7 Å². The number of nitrogens with one attached hydrogen (secondary N) is 2. The molecule has 1 aliphatic heterocycles. The molecule has 4 N–H and O–H groups in total. The highest BCUT2D eigenvalue weighted by Crippen LogP contribution is 2.09. The molecule has 1 unspecified atom stereocenters. The molecule has 2 atom stereocenters. The third kappa shape index (κ3) is 5.58. The summed E-state index contributed by atoms with van der Waals surface area (Å²) < 4.78 is 0. The fraction of sp³-hybridized carbons (Fsp3) is 0.769. The molecule has 3 amide bonds. The Hall–Kier alpha value is -1.83. The lowest BCUT2D eigenvalue weighted by Crippen LogP contribution is -2.53. The van der Waals surface area contributed by atoms with Gasteiger partial charge in [0.1, 0.15) is 12.1 Å². The van der Waals surface area contributed by atoms with Gasteiger partial charge in [0, 0.05) is 26.1 Å². The summed E-state index contributed by atoms with van der Waals surface area (Å²) in [5.41, 5.74) is 0. The number of likely N-dealkylation sites (tertiary alicyclic amines) is 1. The maximum atomic E-state index is 12.1. The van der Waals surface area contributed by atoms with Gasteiger partial charge in [-0.1, -0.05) is 0 Å². The Kier molecular flexibility index (Phi) is 6.93. The van der Waals surface area contributed by atoms with Crippen molar-refractivity contribution in [3.05, 3.63) is 0 Å². The van der Waals surface area contributed by atoms with E-state index in [0.29, 0.717) is 13.1 Å². The molecule has 1 fully saturated rings. The second-order valence-electron chi connectivity index (χ2n) is 5.13. The zero-order valence-electron chi connectivity index (χ0n) is 12.2. The number of urea groups is 1. The molecule has 0 aromatic heterocycles. The number of aliphatic carboxylic acids is 1. The molecule has 0 aliphatic carbocycles. The smallest absolute Gasteiger partial charge is 0.326 e. The van der Waals surface area contributed by atoms with Crippen LogP contribution < -0.4 is 10.6 Å². The molecule has 0 spiro atoms. The average molecular weight is 301 g/mol. The van der Waals surface area contributed by atoms with Crippen LogP contribution in [0, 0.1) is 0 Å². The quantitative estimate of drug-likeness (QED) is 0.528. The van der Waals surface area contributed by atoms with Crippen molar-refractivity contribution in [2.75, 3.05) is 19.7 Å². The number of hydrogen-bond acceptors (Lipinski definition) is 4. The highest BCUT2D eigenvalue weighted by molar-refractivity contribution is 5.88. The number of carbonyl (C=O) groups is 3. The van der Waals surface area contributed by atoms with Crippen molar-refractivity contribution in [2.45, 2.75) is 44.7 Å². The number of carbonyl (C=O) groups excluding carboxylic acids is 2. The highest BCUT2D eigenvalue weighted by atomic mass is 16.4. The minimum atomic E-state index is -1.23. The molecule has 0 aromatic carbocycles. The minimum absolute atomic E-state index is 0.0861. The molecule has 8 nitrogen and oxygen atoms in total. The first-order valence-corrected chi connectivity index (χ1v) is 7.15. The van der Waals surface area contributed by atoms with Gasteiger partial charge in [0.05, 0.1) is 0 Å². The molecule has 1 heterocycles. The van der Waals surface area contributed by atoms with Crippen molar-refractivity contribution in [3.8, 4) is 0 Å². The number of nitrogens with zero attached hydrogens (tertiary/aromatic N) is 1. The van der Waals surface area contributed by atoms with Crippen LogP contribution in [0.25, 0.3) is 0 Å². The van der Waals surface area contributed by atoms with E-state index in [1.54, 1.807) is 11.8 Å². The van der Waals surface area contributed by atoms with Crippen LogP contribution in [0.3, 0.4) is 0 Å². The third-order valence-electron chi connectivity index (χ3n) is 3.41. The fourth-order valence-electron chi connectivity index (χ4n) is 2.23. The van der Waals surface area contributed by atoms with Gasteiger partial charge in [-0.05, 0) is 26.2 Å². The van der Waals surface area contributed by atoms with E-state index in [-0.39, 0.29) is 18.9 Å². The van der Waals surface area contributed by atoms with Crippen LogP contribution in [-0.4, -0.2) is 64.8 Å². The largest absolute Gasteiger partial charge is 0.480 e. The molecule has 0 radical (unpaired) electrons. The van der Waals surface area contributed by atoms with Gasteiger partial charge in [0.15, 0.2) is 0 Å². The van der Waals surface area contributed by atoms with Crippen molar-refractivity contribution in [1.29, 1.82) is 0 Å². The maximum absolute atomic E-state index is 12.1. The van der Waals surface area contributed by atoms with Gasteiger partial charge in [-0.15, -0.1) is 0 Å². The Morgan fingerprint density at radius 1 is 1.14 bits per heavy atom. The van der Waals surface area contributed by atoms with Crippen molar-refractivity contribution in [1.82, 2.24) is 15.5 Å². The summed E-state index contributed by atoms with van der Waals surface area (Å²) in [6.45, 7) is 2.60. The highest BCUT2D eigenvalue weighted by Gasteiger charge is 2.25. The number of aliphatic hydroxyl groups is 1. The standard InChI is InChI=1S/C13H23N3O5/c1-9(11(18)16-6-3-2-4-7-16)14-13(21)15-10(5-8-17)12(19)20/h9-10,17H,2-8H2,1H3,(H,19,20)(H2,14,15,21)/t9?,10-/m1/s1. The Balaban J connectivity index is 2.45. The van der Waals surface area contributed by atoms with Gasteiger partial charge in [-0.25, -0.2) is 9.59 Å². The van der Waals surface area contributed by atoms with E-state index in [9.17, 15) is 14.4 Å². The second kappa shape index (κ2) is 8.46. The van der Waals surface area contributed by atoms with E-state index in [0.717, 1.165) is 19.3 Å². The van der Waals surface area contributed by atoms with Gasteiger partial charge in [-0.2, -0.15) is 0 Å². The minimum Gasteiger partial charge on any atom is -0.480 e. The molecule has 0 bridgehead atoms.